The number of aliphatic hydroxyl groups excluding tert-OH is 1. The first-order valence-corrected chi connectivity index (χ1v) is 9.76. The van der Waals surface area contributed by atoms with Gasteiger partial charge in [-0.25, -0.2) is 0 Å². The number of hydrogen-bond acceptors (Lipinski definition) is 3. The summed E-state index contributed by atoms with van der Waals surface area (Å²) in [6.07, 6.45) is 7.01. The van der Waals surface area contributed by atoms with Crippen LogP contribution in [0.4, 0.5) is 0 Å². The van der Waals surface area contributed by atoms with Crippen molar-refractivity contribution in [3.05, 3.63) is 41.5 Å². The van der Waals surface area contributed by atoms with Crippen molar-refractivity contribution in [1.82, 2.24) is 0 Å². The van der Waals surface area contributed by atoms with E-state index in [9.17, 15) is 9.90 Å². The van der Waals surface area contributed by atoms with Gasteiger partial charge in [-0.2, -0.15) is 0 Å². The van der Waals surface area contributed by atoms with Crippen molar-refractivity contribution in [2.75, 3.05) is 6.61 Å². The highest BCUT2D eigenvalue weighted by molar-refractivity contribution is 5.69. The lowest BCUT2D eigenvalue weighted by Crippen LogP contribution is -2.15. The molecule has 4 heteroatoms. The quantitative estimate of drug-likeness (QED) is 0.495. The molecule has 2 N–H and O–H groups in total. The van der Waals surface area contributed by atoms with Gasteiger partial charge in [-0.15, -0.1) is 5.92 Å². The van der Waals surface area contributed by atoms with Gasteiger partial charge in [0.05, 0.1) is 18.4 Å². The minimum absolute atomic E-state index is 0.00106. The second-order valence-electron chi connectivity index (χ2n) is 7.18. The number of ether oxygens (including phenoxy) is 1. The van der Waals surface area contributed by atoms with Crippen LogP contribution in [-0.4, -0.2) is 28.9 Å². The Bertz CT molecular complexity index is 693. The van der Waals surface area contributed by atoms with Gasteiger partial charge in [-0.05, 0) is 68.2 Å². The molecule has 146 valence electrons. The first-order valence-electron chi connectivity index (χ1n) is 9.76. The third-order valence-corrected chi connectivity index (χ3v) is 4.99. The molecule has 0 aliphatic heterocycles. The standard InChI is InChI=1S/C23H30O4/c1-3-6-20(15-23(25)26)19-9-11-22(12-10-19)27-16-18-8-5-7-17(13-18)14-21(24)4-2/h9-13,17,20-21,24H,4-5,7-8,14-16H2,1-2H3,(H,25,26)/t17?,20-,21?/m0/s1. The molecule has 4 nitrogen and oxygen atoms in total. The summed E-state index contributed by atoms with van der Waals surface area (Å²) in [4.78, 5) is 11.0. The summed E-state index contributed by atoms with van der Waals surface area (Å²) in [6, 6.07) is 7.54. The highest BCUT2D eigenvalue weighted by Crippen LogP contribution is 2.28. The fraction of sp³-hybridized carbons (Fsp3) is 0.522. The SMILES string of the molecule is CC#C[C@@H](CC(=O)O)c1ccc(OCC2=CC(CC(O)CC)CCC2)cc1. The zero-order valence-corrected chi connectivity index (χ0v) is 16.3. The number of aliphatic hydroxyl groups is 1. The molecule has 0 saturated carbocycles. The van der Waals surface area contributed by atoms with Crippen LogP contribution in [0.3, 0.4) is 0 Å². The summed E-state index contributed by atoms with van der Waals surface area (Å²) in [6.45, 7) is 4.29. The van der Waals surface area contributed by atoms with Gasteiger partial charge in [0.25, 0.3) is 0 Å². The highest BCUT2D eigenvalue weighted by Gasteiger charge is 2.17. The van der Waals surface area contributed by atoms with Crippen LogP contribution in [-0.2, 0) is 4.79 Å². The zero-order valence-electron chi connectivity index (χ0n) is 16.3. The van der Waals surface area contributed by atoms with E-state index in [4.69, 9.17) is 9.84 Å². The molecule has 0 fully saturated rings. The highest BCUT2D eigenvalue weighted by atomic mass is 16.5. The monoisotopic (exact) mass is 370 g/mol. The van der Waals surface area contributed by atoms with Gasteiger partial charge in [0.2, 0.25) is 0 Å². The van der Waals surface area contributed by atoms with Crippen LogP contribution in [0.1, 0.15) is 63.9 Å². The average molecular weight is 370 g/mol. The number of hydrogen-bond donors (Lipinski definition) is 2. The molecule has 27 heavy (non-hydrogen) atoms. The Balaban J connectivity index is 1.94. The number of allylic oxidation sites excluding steroid dienone is 1. The van der Waals surface area contributed by atoms with Crippen LogP contribution in [0.25, 0.3) is 0 Å². The van der Waals surface area contributed by atoms with E-state index in [0.29, 0.717) is 12.5 Å². The molecule has 2 unspecified atom stereocenters. The lowest BCUT2D eigenvalue weighted by Gasteiger charge is -2.23. The Kier molecular flexibility index (Phi) is 8.42. The first kappa shape index (κ1) is 21.1. The van der Waals surface area contributed by atoms with Crippen molar-refractivity contribution in [3.8, 4) is 17.6 Å². The molecule has 1 aromatic carbocycles. The van der Waals surface area contributed by atoms with Crippen molar-refractivity contribution in [3.63, 3.8) is 0 Å². The normalized spacial score (nSPS) is 18.6. The van der Waals surface area contributed by atoms with E-state index in [-0.39, 0.29) is 18.4 Å². The molecule has 1 aliphatic carbocycles. The molecular formula is C23H30O4. The van der Waals surface area contributed by atoms with E-state index in [1.807, 2.05) is 31.2 Å². The summed E-state index contributed by atoms with van der Waals surface area (Å²) in [7, 11) is 0. The van der Waals surface area contributed by atoms with Gasteiger partial charge in [0.1, 0.15) is 12.4 Å². The Hall–Kier alpha value is -2.25. The van der Waals surface area contributed by atoms with Crippen LogP contribution in [0.15, 0.2) is 35.9 Å². The Morgan fingerprint density at radius 2 is 2.07 bits per heavy atom. The van der Waals surface area contributed by atoms with E-state index in [1.165, 1.54) is 5.57 Å². The van der Waals surface area contributed by atoms with E-state index in [2.05, 4.69) is 17.9 Å². The summed E-state index contributed by atoms with van der Waals surface area (Å²) < 4.78 is 5.92. The molecule has 0 amide bonds. The number of aliphatic carboxylic acids is 1. The molecule has 1 aromatic rings. The largest absolute Gasteiger partial charge is 0.489 e. The summed E-state index contributed by atoms with van der Waals surface area (Å²) in [5.41, 5.74) is 2.18. The number of carboxylic acid groups (broad SMARTS) is 1. The molecular weight excluding hydrogens is 340 g/mol. The van der Waals surface area contributed by atoms with E-state index < -0.39 is 5.97 Å². The third-order valence-electron chi connectivity index (χ3n) is 4.99. The van der Waals surface area contributed by atoms with Crippen molar-refractivity contribution in [1.29, 1.82) is 0 Å². The molecule has 2 rings (SSSR count). The Morgan fingerprint density at radius 1 is 1.33 bits per heavy atom. The number of benzene rings is 1. The predicted octanol–water partition coefficient (Wildman–Crippen LogP) is 4.53. The van der Waals surface area contributed by atoms with Gasteiger partial charge in [-0.3, -0.25) is 4.79 Å². The van der Waals surface area contributed by atoms with E-state index >= 15 is 0 Å². The van der Waals surface area contributed by atoms with Crippen LogP contribution < -0.4 is 4.74 Å². The van der Waals surface area contributed by atoms with Gasteiger partial charge < -0.3 is 14.9 Å². The Labute approximate surface area is 162 Å². The molecule has 0 saturated heterocycles. The van der Waals surface area contributed by atoms with Crippen molar-refractivity contribution in [2.24, 2.45) is 5.92 Å². The van der Waals surface area contributed by atoms with Crippen LogP contribution in [0.2, 0.25) is 0 Å². The number of carbonyl (C=O) groups is 1. The molecule has 0 heterocycles. The summed E-state index contributed by atoms with van der Waals surface area (Å²) in [5, 5.41) is 18.9. The molecule has 3 atom stereocenters. The zero-order chi connectivity index (χ0) is 19.6. The van der Waals surface area contributed by atoms with E-state index in [1.54, 1.807) is 6.92 Å². The molecule has 0 aromatic heterocycles. The minimum Gasteiger partial charge on any atom is -0.489 e. The smallest absolute Gasteiger partial charge is 0.304 e. The summed E-state index contributed by atoms with van der Waals surface area (Å²) in [5.74, 6) is 5.83. The van der Waals surface area contributed by atoms with Crippen LogP contribution >= 0.6 is 0 Å². The molecule has 0 spiro atoms. The lowest BCUT2D eigenvalue weighted by molar-refractivity contribution is -0.137. The van der Waals surface area contributed by atoms with Crippen molar-refractivity contribution < 1.29 is 19.7 Å². The van der Waals surface area contributed by atoms with Crippen molar-refractivity contribution >= 4 is 5.97 Å². The van der Waals surface area contributed by atoms with E-state index in [0.717, 1.165) is 43.4 Å². The molecule has 0 bridgehead atoms. The second kappa shape index (κ2) is 10.8. The third kappa shape index (κ3) is 7.11. The maximum absolute atomic E-state index is 11.0. The van der Waals surface area contributed by atoms with Gasteiger partial charge in [0.15, 0.2) is 0 Å². The predicted molar refractivity (Wildman–Crippen MR) is 107 cm³/mol. The second-order valence-corrected chi connectivity index (χ2v) is 7.18. The Morgan fingerprint density at radius 3 is 2.70 bits per heavy atom. The fourth-order valence-electron chi connectivity index (χ4n) is 3.49. The first-order chi connectivity index (χ1) is 13.0. The average Bonchev–Trinajstić information content (AvgIpc) is 2.66. The fourth-order valence-corrected chi connectivity index (χ4v) is 3.49. The van der Waals surface area contributed by atoms with Gasteiger partial charge in [0, 0.05) is 0 Å². The van der Waals surface area contributed by atoms with Gasteiger partial charge >= 0.3 is 5.97 Å². The van der Waals surface area contributed by atoms with Gasteiger partial charge in [-0.1, -0.05) is 31.1 Å². The topological polar surface area (TPSA) is 66.8 Å². The minimum atomic E-state index is -0.852. The lowest BCUT2D eigenvalue weighted by atomic mass is 9.86. The summed E-state index contributed by atoms with van der Waals surface area (Å²) >= 11 is 0. The number of carboxylic acids is 1. The maximum atomic E-state index is 11.0. The van der Waals surface area contributed by atoms with Crippen LogP contribution in [0, 0.1) is 17.8 Å². The van der Waals surface area contributed by atoms with Crippen LogP contribution in [0.5, 0.6) is 5.75 Å². The molecule has 1 aliphatic rings. The number of rotatable bonds is 9. The van der Waals surface area contributed by atoms with Crippen molar-refractivity contribution in [2.45, 2.75) is 64.4 Å². The molecule has 0 radical (unpaired) electrons. The maximum Gasteiger partial charge on any atom is 0.304 e.